The van der Waals surface area contributed by atoms with Crippen molar-refractivity contribution in [2.24, 2.45) is 0 Å². The lowest BCUT2D eigenvalue weighted by Crippen LogP contribution is -2.44. The van der Waals surface area contributed by atoms with Crippen molar-refractivity contribution in [1.82, 2.24) is 15.1 Å². The Hall–Kier alpha value is -2.77. The monoisotopic (exact) mass is 389 g/mol. The molecule has 28 heavy (non-hydrogen) atoms. The number of unbranched alkanes of at least 4 members (excludes halogenated alkanes) is 1. The Labute approximate surface area is 164 Å². The van der Waals surface area contributed by atoms with Crippen molar-refractivity contribution in [3.8, 4) is 11.5 Å². The van der Waals surface area contributed by atoms with E-state index in [0.29, 0.717) is 43.4 Å². The van der Waals surface area contributed by atoms with Crippen LogP contribution in [0.5, 0.6) is 11.5 Å². The first-order chi connectivity index (χ1) is 13.4. The van der Waals surface area contributed by atoms with E-state index in [1.165, 1.54) is 0 Å². The zero-order valence-corrected chi connectivity index (χ0v) is 16.6. The molecule has 0 radical (unpaired) electrons. The largest absolute Gasteiger partial charge is 0.486 e. The zero-order valence-electron chi connectivity index (χ0n) is 16.6. The Kier molecular flexibility index (Phi) is 5.76. The summed E-state index contributed by atoms with van der Waals surface area (Å²) in [7, 11) is 0. The molecule has 1 atom stereocenters. The molecule has 0 saturated carbocycles. The number of imide groups is 1. The molecule has 152 valence electrons. The molecule has 3 rings (SSSR count). The van der Waals surface area contributed by atoms with Crippen LogP contribution in [0, 0.1) is 0 Å². The number of nitrogens with one attached hydrogen (secondary N) is 1. The third-order valence-corrected chi connectivity index (χ3v) is 5.20. The van der Waals surface area contributed by atoms with Gasteiger partial charge in [-0.2, -0.15) is 0 Å². The van der Waals surface area contributed by atoms with Gasteiger partial charge in [0.1, 0.15) is 25.3 Å². The lowest BCUT2D eigenvalue weighted by Gasteiger charge is -2.26. The lowest BCUT2D eigenvalue weighted by molar-refractivity contribution is -0.138. The van der Waals surface area contributed by atoms with Crippen molar-refractivity contribution in [3.05, 3.63) is 23.8 Å². The van der Waals surface area contributed by atoms with Crippen LogP contribution in [0.3, 0.4) is 0 Å². The first-order valence-corrected chi connectivity index (χ1v) is 9.72. The van der Waals surface area contributed by atoms with Gasteiger partial charge in [0.05, 0.1) is 0 Å². The minimum atomic E-state index is -1.26. The van der Waals surface area contributed by atoms with Gasteiger partial charge >= 0.3 is 6.03 Å². The van der Waals surface area contributed by atoms with E-state index < -0.39 is 17.5 Å². The van der Waals surface area contributed by atoms with Gasteiger partial charge in [-0.1, -0.05) is 19.4 Å². The number of hydrogen-bond donors (Lipinski definition) is 1. The number of hydrogen-bond acceptors (Lipinski definition) is 5. The maximum atomic E-state index is 13.1. The normalized spacial score (nSPS) is 20.9. The molecule has 8 heteroatoms. The molecule has 4 amide bonds. The van der Waals surface area contributed by atoms with Gasteiger partial charge in [-0.25, -0.2) is 4.79 Å². The number of likely N-dealkylation sites (N-methyl/N-ethyl adjacent to an activating group) is 1. The van der Waals surface area contributed by atoms with E-state index in [4.69, 9.17) is 9.47 Å². The van der Waals surface area contributed by atoms with Crippen LogP contribution in [-0.2, 0) is 15.1 Å². The fraction of sp³-hybridized carbons (Fsp3) is 0.550. The molecule has 2 aliphatic heterocycles. The summed E-state index contributed by atoms with van der Waals surface area (Å²) in [5.74, 6) is 0.468. The Morgan fingerprint density at radius 2 is 1.93 bits per heavy atom. The van der Waals surface area contributed by atoms with Crippen LogP contribution in [0.1, 0.15) is 39.2 Å². The summed E-state index contributed by atoms with van der Waals surface area (Å²) in [4.78, 5) is 40.8. The number of urea groups is 1. The summed E-state index contributed by atoms with van der Waals surface area (Å²) in [5, 5.41) is 2.73. The number of carbonyl (C=O) groups excluding carboxylic acids is 3. The Bertz CT molecular complexity index is 781. The third kappa shape index (κ3) is 3.63. The van der Waals surface area contributed by atoms with Crippen molar-refractivity contribution >= 4 is 17.8 Å². The molecule has 2 aliphatic rings. The van der Waals surface area contributed by atoms with Gasteiger partial charge in [0.15, 0.2) is 11.5 Å². The molecule has 0 bridgehead atoms. The summed E-state index contributed by atoms with van der Waals surface area (Å²) >= 11 is 0. The predicted molar refractivity (Wildman–Crippen MR) is 102 cm³/mol. The van der Waals surface area contributed by atoms with Crippen LogP contribution in [-0.4, -0.2) is 60.5 Å². The molecule has 0 unspecified atom stereocenters. The Morgan fingerprint density at radius 1 is 1.21 bits per heavy atom. The first kappa shape index (κ1) is 20.0. The average Bonchev–Trinajstić information content (AvgIpc) is 2.92. The van der Waals surface area contributed by atoms with Crippen molar-refractivity contribution in [2.45, 2.75) is 39.2 Å². The summed E-state index contributed by atoms with van der Waals surface area (Å²) in [6.45, 7) is 7.38. The molecule has 0 aromatic heterocycles. The summed E-state index contributed by atoms with van der Waals surface area (Å²) in [6, 6.07) is 4.60. The maximum Gasteiger partial charge on any atom is 0.325 e. The highest BCUT2D eigenvalue weighted by molar-refractivity contribution is 6.09. The highest BCUT2D eigenvalue weighted by atomic mass is 16.6. The van der Waals surface area contributed by atoms with Crippen LogP contribution in [0.4, 0.5) is 4.79 Å². The van der Waals surface area contributed by atoms with Crippen LogP contribution in [0.15, 0.2) is 18.2 Å². The fourth-order valence-electron chi connectivity index (χ4n) is 3.43. The van der Waals surface area contributed by atoms with Gasteiger partial charge in [-0.15, -0.1) is 0 Å². The molecular formula is C20H27N3O5. The molecular weight excluding hydrogens is 362 g/mol. The molecule has 1 fully saturated rings. The molecule has 2 heterocycles. The summed E-state index contributed by atoms with van der Waals surface area (Å²) in [6.07, 6.45) is 1.85. The molecule has 1 saturated heterocycles. The van der Waals surface area contributed by atoms with Gasteiger partial charge in [0, 0.05) is 13.1 Å². The fourth-order valence-corrected chi connectivity index (χ4v) is 3.43. The summed E-state index contributed by atoms with van der Waals surface area (Å²) in [5.41, 5.74) is -0.670. The van der Waals surface area contributed by atoms with Crippen molar-refractivity contribution in [1.29, 1.82) is 0 Å². The number of amides is 4. The lowest BCUT2D eigenvalue weighted by atomic mass is 9.91. The van der Waals surface area contributed by atoms with E-state index in [2.05, 4.69) is 12.2 Å². The van der Waals surface area contributed by atoms with E-state index in [0.717, 1.165) is 17.7 Å². The van der Waals surface area contributed by atoms with E-state index in [1.54, 1.807) is 30.0 Å². The third-order valence-electron chi connectivity index (χ3n) is 5.20. The van der Waals surface area contributed by atoms with Gasteiger partial charge in [0.25, 0.3) is 5.91 Å². The standard InChI is InChI=1S/C20H27N3O5/c1-4-6-9-22(5-2)17(24)13-23-18(25)20(3,21-19(23)26)14-7-8-15-16(12-14)28-11-10-27-15/h7-8,12H,4-6,9-11,13H2,1-3H3,(H,21,26)/t20-/m0/s1. The number of nitrogens with zero attached hydrogens (tertiary/aromatic N) is 2. The number of ether oxygens (including phenoxy) is 2. The molecule has 0 aliphatic carbocycles. The summed E-state index contributed by atoms with van der Waals surface area (Å²) < 4.78 is 11.1. The molecule has 1 N–H and O–H groups in total. The molecule has 1 aromatic rings. The minimum Gasteiger partial charge on any atom is -0.486 e. The van der Waals surface area contributed by atoms with Crippen molar-refractivity contribution in [2.75, 3.05) is 32.8 Å². The van der Waals surface area contributed by atoms with Crippen LogP contribution >= 0.6 is 0 Å². The van der Waals surface area contributed by atoms with E-state index in [-0.39, 0.29) is 12.5 Å². The topological polar surface area (TPSA) is 88.2 Å². The second-order valence-corrected chi connectivity index (χ2v) is 7.13. The molecule has 0 spiro atoms. The average molecular weight is 389 g/mol. The van der Waals surface area contributed by atoms with Crippen molar-refractivity contribution in [3.63, 3.8) is 0 Å². The first-order valence-electron chi connectivity index (χ1n) is 9.72. The van der Waals surface area contributed by atoms with Gasteiger partial charge in [-0.3, -0.25) is 14.5 Å². The second kappa shape index (κ2) is 8.08. The van der Waals surface area contributed by atoms with E-state index in [9.17, 15) is 14.4 Å². The maximum absolute atomic E-state index is 13.1. The number of benzene rings is 1. The van der Waals surface area contributed by atoms with Crippen LogP contribution < -0.4 is 14.8 Å². The number of carbonyl (C=O) groups is 3. The molecule has 8 nitrogen and oxygen atoms in total. The van der Waals surface area contributed by atoms with E-state index in [1.807, 2.05) is 6.92 Å². The second-order valence-electron chi connectivity index (χ2n) is 7.13. The highest BCUT2D eigenvalue weighted by Gasteiger charge is 2.50. The zero-order chi connectivity index (χ0) is 20.3. The van der Waals surface area contributed by atoms with Gasteiger partial charge < -0.3 is 19.7 Å². The number of rotatable bonds is 7. The van der Waals surface area contributed by atoms with Crippen molar-refractivity contribution < 1.29 is 23.9 Å². The quantitative estimate of drug-likeness (QED) is 0.720. The van der Waals surface area contributed by atoms with Gasteiger partial charge in [0.2, 0.25) is 5.91 Å². The minimum absolute atomic E-state index is 0.231. The number of fused-ring (bicyclic) bond motifs is 1. The Balaban J connectivity index is 1.78. The smallest absolute Gasteiger partial charge is 0.325 e. The van der Waals surface area contributed by atoms with Crippen LogP contribution in [0.25, 0.3) is 0 Å². The predicted octanol–water partition coefficient (Wildman–Crippen LogP) is 1.87. The molecule has 1 aromatic carbocycles. The van der Waals surface area contributed by atoms with E-state index >= 15 is 0 Å². The SMILES string of the molecule is CCCCN(CC)C(=O)CN1C(=O)N[C@@](C)(c2ccc3c(c2)OCCO3)C1=O. The van der Waals surface area contributed by atoms with Gasteiger partial charge in [-0.05, 0) is 38.0 Å². The highest BCUT2D eigenvalue weighted by Crippen LogP contribution is 2.36. The van der Waals surface area contributed by atoms with Crippen LogP contribution in [0.2, 0.25) is 0 Å². The Morgan fingerprint density at radius 3 is 2.61 bits per heavy atom.